The van der Waals surface area contributed by atoms with Crippen LogP contribution in [0, 0.1) is 10.1 Å². The van der Waals surface area contributed by atoms with E-state index in [1.54, 1.807) is 30.5 Å². The number of halogens is 1. The molecule has 0 unspecified atom stereocenters. The minimum Gasteiger partial charge on any atom is -0.445 e. The lowest BCUT2D eigenvalue weighted by Gasteiger charge is -2.05. The smallest absolute Gasteiger partial charge is 0.270 e. The molecule has 0 saturated carbocycles. The first-order valence-corrected chi connectivity index (χ1v) is 7.38. The Bertz CT molecular complexity index is 889. The number of Topliss-reactive ketones (excluding diaryl/α,β-unsaturated/α-hetero) is 1. The van der Waals surface area contributed by atoms with E-state index in [-0.39, 0.29) is 28.5 Å². The Kier molecular flexibility index (Phi) is 4.39. The van der Waals surface area contributed by atoms with Crippen molar-refractivity contribution in [1.82, 2.24) is 4.98 Å². The van der Waals surface area contributed by atoms with E-state index in [1.807, 2.05) is 0 Å². The minimum absolute atomic E-state index is 0.0900. The van der Waals surface area contributed by atoms with Gasteiger partial charge in [-0.1, -0.05) is 23.7 Å². The van der Waals surface area contributed by atoms with Gasteiger partial charge in [0.2, 0.25) is 5.89 Å². The van der Waals surface area contributed by atoms with Gasteiger partial charge in [0, 0.05) is 29.7 Å². The molecular formula is C17H11ClN2O4. The summed E-state index contributed by atoms with van der Waals surface area (Å²) in [4.78, 5) is 26.7. The van der Waals surface area contributed by atoms with Crippen molar-refractivity contribution in [1.29, 1.82) is 0 Å². The Morgan fingerprint density at radius 3 is 2.58 bits per heavy atom. The van der Waals surface area contributed by atoms with Crippen molar-refractivity contribution >= 4 is 23.1 Å². The number of non-ortho nitro benzene ring substituents is 1. The molecule has 6 nitrogen and oxygen atoms in total. The van der Waals surface area contributed by atoms with E-state index >= 15 is 0 Å². The zero-order valence-electron chi connectivity index (χ0n) is 12.3. The van der Waals surface area contributed by atoms with Crippen LogP contribution in [0.1, 0.15) is 15.9 Å². The van der Waals surface area contributed by atoms with Gasteiger partial charge in [0.05, 0.1) is 16.1 Å². The second-order valence-electron chi connectivity index (χ2n) is 5.06. The highest BCUT2D eigenvalue weighted by molar-refractivity contribution is 6.34. The van der Waals surface area contributed by atoms with E-state index in [4.69, 9.17) is 16.0 Å². The molecule has 0 N–H and O–H groups in total. The van der Waals surface area contributed by atoms with Crippen LogP contribution in [0.15, 0.2) is 59.3 Å². The molecule has 0 bridgehead atoms. The fourth-order valence-electron chi connectivity index (χ4n) is 2.25. The summed E-state index contributed by atoms with van der Waals surface area (Å²) in [5.41, 5.74) is 1.53. The Hall–Kier alpha value is -2.99. The summed E-state index contributed by atoms with van der Waals surface area (Å²) in [6.07, 6.45) is 3.13. The number of nitro groups is 1. The number of nitrogens with zero attached hydrogens (tertiary/aromatic N) is 2. The average molecular weight is 343 g/mol. The second-order valence-corrected chi connectivity index (χ2v) is 5.46. The van der Waals surface area contributed by atoms with Gasteiger partial charge in [0.15, 0.2) is 5.78 Å². The summed E-state index contributed by atoms with van der Waals surface area (Å²) in [6, 6.07) is 11.0. The maximum absolute atomic E-state index is 12.4. The molecule has 0 fully saturated rings. The number of ketones is 1. The van der Waals surface area contributed by atoms with Gasteiger partial charge in [0.1, 0.15) is 6.26 Å². The van der Waals surface area contributed by atoms with Gasteiger partial charge in [-0.3, -0.25) is 14.9 Å². The fraction of sp³-hybridized carbons (Fsp3) is 0.0588. The van der Waals surface area contributed by atoms with E-state index in [0.717, 1.165) is 11.1 Å². The SMILES string of the molecule is O=C(Cc1ccc(-c2ncco2)cc1)c1cc([N+](=O)[O-])ccc1Cl. The number of carbonyl (C=O) groups excluding carboxylic acids is 1. The maximum Gasteiger partial charge on any atom is 0.270 e. The standard InChI is InChI=1S/C17H11ClN2O4/c18-15-6-5-13(20(22)23)10-14(15)16(21)9-11-1-3-12(4-2-11)17-19-7-8-24-17/h1-8,10H,9H2. The molecule has 0 aliphatic heterocycles. The number of hydrogen-bond donors (Lipinski definition) is 0. The monoisotopic (exact) mass is 342 g/mol. The van der Waals surface area contributed by atoms with Crippen LogP contribution in [0.2, 0.25) is 5.02 Å². The molecule has 7 heteroatoms. The number of oxazole rings is 1. The molecule has 1 aromatic heterocycles. The summed E-state index contributed by atoms with van der Waals surface area (Å²) in [5, 5.41) is 11.0. The summed E-state index contributed by atoms with van der Waals surface area (Å²) >= 11 is 5.99. The first kappa shape index (κ1) is 15.9. The van der Waals surface area contributed by atoms with E-state index in [1.165, 1.54) is 24.5 Å². The quantitative estimate of drug-likeness (QED) is 0.391. The van der Waals surface area contributed by atoms with Gasteiger partial charge in [-0.2, -0.15) is 0 Å². The largest absolute Gasteiger partial charge is 0.445 e. The van der Waals surface area contributed by atoms with Crippen molar-refractivity contribution in [3.63, 3.8) is 0 Å². The molecule has 0 atom stereocenters. The highest BCUT2D eigenvalue weighted by Crippen LogP contribution is 2.24. The molecule has 0 saturated heterocycles. The molecule has 24 heavy (non-hydrogen) atoms. The van der Waals surface area contributed by atoms with Crippen LogP contribution in [-0.4, -0.2) is 15.7 Å². The molecule has 0 radical (unpaired) electrons. The van der Waals surface area contributed by atoms with Gasteiger partial charge in [-0.25, -0.2) is 4.98 Å². The van der Waals surface area contributed by atoms with E-state index < -0.39 is 4.92 Å². The van der Waals surface area contributed by atoms with Crippen LogP contribution in [0.4, 0.5) is 5.69 Å². The normalized spacial score (nSPS) is 10.5. The second kappa shape index (κ2) is 6.64. The molecule has 2 aromatic carbocycles. The lowest BCUT2D eigenvalue weighted by atomic mass is 10.0. The third-order valence-corrected chi connectivity index (χ3v) is 3.79. The van der Waals surface area contributed by atoms with Crippen LogP contribution >= 0.6 is 11.6 Å². The number of benzene rings is 2. The Labute approximate surface area is 141 Å². The highest BCUT2D eigenvalue weighted by Gasteiger charge is 2.16. The van der Waals surface area contributed by atoms with Crippen LogP contribution in [-0.2, 0) is 6.42 Å². The van der Waals surface area contributed by atoms with Crippen molar-refractivity contribution in [3.8, 4) is 11.5 Å². The fourth-order valence-corrected chi connectivity index (χ4v) is 2.48. The van der Waals surface area contributed by atoms with Crippen LogP contribution in [0.25, 0.3) is 11.5 Å². The predicted octanol–water partition coefficient (Wildman–Crippen LogP) is 4.33. The molecule has 3 rings (SSSR count). The molecule has 3 aromatic rings. The van der Waals surface area contributed by atoms with Crippen LogP contribution in [0.3, 0.4) is 0 Å². The van der Waals surface area contributed by atoms with Gasteiger partial charge >= 0.3 is 0 Å². The Balaban J connectivity index is 1.80. The van der Waals surface area contributed by atoms with Crippen molar-refractivity contribution < 1.29 is 14.1 Å². The lowest BCUT2D eigenvalue weighted by molar-refractivity contribution is -0.384. The number of aromatic nitrogens is 1. The third-order valence-electron chi connectivity index (χ3n) is 3.46. The van der Waals surface area contributed by atoms with E-state index in [2.05, 4.69) is 4.98 Å². The Morgan fingerprint density at radius 2 is 1.96 bits per heavy atom. The van der Waals surface area contributed by atoms with Crippen molar-refractivity contribution in [2.75, 3.05) is 0 Å². The zero-order valence-corrected chi connectivity index (χ0v) is 13.1. The molecule has 120 valence electrons. The summed E-state index contributed by atoms with van der Waals surface area (Å²) < 4.78 is 5.20. The number of hydrogen-bond acceptors (Lipinski definition) is 5. The van der Waals surface area contributed by atoms with Crippen molar-refractivity contribution in [2.45, 2.75) is 6.42 Å². The molecule has 0 aliphatic carbocycles. The maximum atomic E-state index is 12.4. The third kappa shape index (κ3) is 3.33. The summed E-state index contributed by atoms with van der Waals surface area (Å²) in [5.74, 6) is 0.210. The molecule has 0 amide bonds. The first-order valence-electron chi connectivity index (χ1n) is 7.00. The topological polar surface area (TPSA) is 86.2 Å². The van der Waals surface area contributed by atoms with Crippen LogP contribution in [0.5, 0.6) is 0 Å². The lowest BCUT2D eigenvalue weighted by Crippen LogP contribution is -2.05. The number of nitro benzene ring substituents is 1. The van der Waals surface area contributed by atoms with Gasteiger partial charge in [0.25, 0.3) is 5.69 Å². The molecular weight excluding hydrogens is 332 g/mol. The zero-order chi connectivity index (χ0) is 17.1. The van der Waals surface area contributed by atoms with E-state index in [0.29, 0.717) is 5.89 Å². The number of rotatable bonds is 5. The van der Waals surface area contributed by atoms with Crippen LogP contribution < -0.4 is 0 Å². The average Bonchev–Trinajstić information content (AvgIpc) is 3.10. The molecule has 1 heterocycles. The molecule has 0 aliphatic rings. The van der Waals surface area contributed by atoms with E-state index in [9.17, 15) is 14.9 Å². The van der Waals surface area contributed by atoms with Gasteiger partial charge in [-0.05, 0) is 23.8 Å². The molecule has 0 spiro atoms. The highest BCUT2D eigenvalue weighted by atomic mass is 35.5. The Morgan fingerprint density at radius 1 is 1.21 bits per heavy atom. The minimum atomic E-state index is -0.557. The van der Waals surface area contributed by atoms with Gasteiger partial charge in [-0.15, -0.1) is 0 Å². The predicted molar refractivity (Wildman–Crippen MR) is 88.1 cm³/mol. The van der Waals surface area contributed by atoms with Crippen molar-refractivity contribution in [3.05, 3.63) is 81.2 Å². The van der Waals surface area contributed by atoms with Gasteiger partial charge < -0.3 is 4.42 Å². The number of carbonyl (C=O) groups is 1. The first-order chi connectivity index (χ1) is 11.5. The summed E-state index contributed by atoms with van der Waals surface area (Å²) in [6.45, 7) is 0. The van der Waals surface area contributed by atoms with Crippen molar-refractivity contribution in [2.24, 2.45) is 0 Å². The summed E-state index contributed by atoms with van der Waals surface area (Å²) in [7, 11) is 0.